The van der Waals surface area contributed by atoms with Crippen LogP contribution < -0.4 is 10.6 Å². The second-order valence-electron chi connectivity index (χ2n) is 5.22. The maximum absolute atomic E-state index is 12.2. The van der Waals surface area contributed by atoms with Crippen LogP contribution in [0, 0.1) is 17.2 Å². The number of carbonyl (C=O) groups is 1. The van der Waals surface area contributed by atoms with E-state index in [-0.39, 0.29) is 5.69 Å². The summed E-state index contributed by atoms with van der Waals surface area (Å²) < 4.78 is 5.10. The monoisotopic (exact) mass is 307 g/mol. The lowest BCUT2D eigenvalue weighted by Gasteiger charge is -2.33. The summed E-state index contributed by atoms with van der Waals surface area (Å²) in [5, 5.41) is 9.97. The Morgan fingerprint density at radius 1 is 1.57 bits per heavy atom. The molecular formula is C15H21N3O2S. The van der Waals surface area contributed by atoms with Crippen LogP contribution >= 0.6 is 11.3 Å². The number of nitriles is 1. The maximum Gasteiger partial charge on any atom is 0.343 e. The Bertz CT molecular complexity index is 562. The molecule has 6 heteroatoms. The van der Waals surface area contributed by atoms with Crippen molar-refractivity contribution >= 4 is 28.0 Å². The minimum absolute atomic E-state index is 0.259. The van der Waals surface area contributed by atoms with E-state index in [1.807, 2.05) is 0 Å². The summed E-state index contributed by atoms with van der Waals surface area (Å²) in [5.41, 5.74) is 6.61. The molecule has 0 aromatic carbocycles. The van der Waals surface area contributed by atoms with Gasteiger partial charge in [0.15, 0.2) is 0 Å². The Balaban J connectivity index is 2.38. The number of esters is 1. The fraction of sp³-hybridized carbons (Fsp3) is 0.600. The van der Waals surface area contributed by atoms with Crippen LogP contribution in [-0.2, 0) is 4.74 Å². The highest BCUT2D eigenvalue weighted by Gasteiger charge is 2.29. The van der Waals surface area contributed by atoms with Crippen LogP contribution in [0.25, 0.3) is 0 Å². The highest BCUT2D eigenvalue weighted by Crippen LogP contribution is 2.40. The van der Waals surface area contributed by atoms with Crippen LogP contribution in [0.2, 0.25) is 0 Å². The molecule has 1 aliphatic heterocycles. The van der Waals surface area contributed by atoms with E-state index in [4.69, 9.17) is 10.5 Å². The first-order valence-electron chi connectivity index (χ1n) is 7.36. The Morgan fingerprint density at radius 2 is 2.33 bits per heavy atom. The molecule has 1 saturated heterocycles. The van der Waals surface area contributed by atoms with Crippen LogP contribution in [0.3, 0.4) is 0 Å². The van der Waals surface area contributed by atoms with E-state index in [1.54, 1.807) is 6.92 Å². The zero-order chi connectivity index (χ0) is 15.4. The average Bonchev–Trinajstić information content (AvgIpc) is 2.84. The Morgan fingerprint density at radius 3 is 2.95 bits per heavy atom. The quantitative estimate of drug-likeness (QED) is 0.865. The second-order valence-corrected chi connectivity index (χ2v) is 6.22. The van der Waals surface area contributed by atoms with E-state index in [9.17, 15) is 10.1 Å². The summed E-state index contributed by atoms with van der Waals surface area (Å²) in [6, 6.07) is 2.08. The van der Waals surface area contributed by atoms with Crippen molar-refractivity contribution in [1.29, 1.82) is 5.26 Å². The van der Waals surface area contributed by atoms with Gasteiger partial charge in [0.2, 0.25) is 0 Å². The fourth-order valence-electron chi connectivity index (χ4n) is 2.72. The fourth-order valence-corrected chi connectivity index (χ4v) is 3.76. The molecule has 0 spiro atoms. The second kappa shape index (κ2) is 6.81. The van der Waals surface area contributed by atoms with Gasteiger partial charge in [-0.25, -0.2) is 4.79 Å². The van der Waals surface area contributed by atoms with Crippen molar-refractivity contribution in [3.8, 4) is 6.07 Å². The molecule has 1 aliphatic rings. The first-order valence-corrected chi connectivity index (χ1v) is 8.18. The molecule has 114 valence electrons. The lowest BCUT2D eigenvalue weighted by Crippen LogP contribution is -2.35. The SMILES string of the molecule is CCOC(=O)c1c(N2CCCC(CC)C2)sc(C#N)c1N. The number of piperidine rings is 1. The molecule has 21 heavy (non-hydrogen) atoms. The van der Waals surface area contributed by atoms with Gasteiger partial charge in [-0.3, -0.25) is 0 Å². The molecule has 1 fully saturated rings. The van der Waals surface area contributed by atoms with Crippen LogP contribution in [-0.4, -0.2) is 25.7 Å². The Labute approximate surface area is 129 Å². The van der Waals surface area contributed by atoms with E-state index in [2.05, 4.69) is 17.9 Å². The molecule has 1 atom stereocenters. The first-order chi connectivity index (χ1) is 10.1. The number of nitrogen functional groups attached to an aromatic ring is 1. The van der Waals surface area contributed by atoms with Crippen molar-refractivity contribution in [2.24, 2.45) is 5.92 Å². The molecule has 5 nitrogen and oxygen atoms in total. The van der Waals surface area contributed by atoms with Gasteiger partial charge in [-0.15, -0.1) is 11.3 Å². The molecule has 1 aromatic heterocycles. The van der Waals surface area contributed by atoms with Crippen molar-refractivity contribution in [2.45, 2.75) is 33.1 Å². The van der Waals surface area contributed by atoms with Crippen LogP contribution in [0.4, 0.5) is 10.7 Å². The summed E-state index contributed by atoms with van der Waals surface area (Å²) in [6.07, 6.45) is 3.44. The van der Waals surface area contributed by atoms with Crippen LogP contribution in [0.5, 0.6) is 0 Å². The molecule has 1 aromatic rings. The summed E-state index contributed by atoms with van der Waals surface area (Å²) in [6.45, 7) is 6.05. The summed E-state index contributed by atoms with van der Waals surface area (Å²) in [4.78, 5) is 14.8. The maximum atomic E-state index is 12.2. The van der Waals surface area contributed by atoms with E-state index >= 15 is 0 Å². The van der Waals surface area contributed by atoms with Gasteiger partial charge in [0.05, 0.1) is 12.3 Å². The molecule has 0 amide bonds. The van der Waals surface area contributed by atoms with E-state index in [0.717, 1.165) is 30.9 Å². The minimum Gasteiger partial charge on any atom is -0.462 e. The van der Waals surface area contributed by atoms with Crippen LogP contribution in [0.1, 0.15) is 48.3 Å². The standard InChI is InChI=1S/C15H21N3O2S/c1-3-10-6-5-7-18(9-10)14-12(15(19)20-4-2)13(17)11(8-16)21-14/h10H,3-7,9,17H2,1-2H3. The number of anilines is 2. The molecule has 2 heterocycles. The van der Waals surface area contributed by atoms with Crippen LogP contribution in [0.15, 0.2) is 0 Å². The molecule has 2 N–H and O–H groups in total. The van der Waals surface area contributed by atoms with Gasteiger partial charge in [-0.05, 0) is 25.7 Å². The predicted molar refractivity (Wildman–Crippen MR) is 84.6 cm³/mol. The third kappa shape index (κ3) is 3.13. The van der Waals surface area contributed by atoms with Gasteiger partial charge in [0.1, 0.15) is 21.5 Å². The third-order valence-electron chi connectivity index (χ3n) is 3.89. The summed E-state index contributed by atoms with van der Waals surface area (Å²) in [7, 11) is 0. The number of nitrogens with two attached hydrogens (primary N) is 1. The third-order valence-corrected chi connectivity index (χ3v) is 5.06. The van der Waals surface area contributed by atoms with E-state index in [1.165, 1.54) is 17.8 Å². The van der Waals surface area contributed by atoms with E-state index in [0.29, 0.717) is 23.0 Å². The number of ether oxygens (including phenoxy) is 1. The van der Waals surface area contributed by atoms with Crippen molar-refractivity contribution in [1.82, 2.24) is 0 Å². The molecular weight excluding hydrogens is 286 g/mol. The normalized spacial score (nSPS) is 18.3. The number of hydrogen-bond donors (Lipinski definition) is 1. The lowest BCUT2D eigenvalue weighted by molar-refractivity contribution is 0.0528. The van der Waals surface area contributed by atoms with Gasteiger partial charge in [-0.1, -0.05) is 13.3 Å². The van der Waals surface area contributed by atoms with Gasteiger partial charge in [-0.2, -0.15) is 5.26 Å². The van der Waals surface area contributed by atoms with Gasteiger partial charge in [0.25, 0.3) is 0 Å². The molecule has 0 aliphatic carbocycles. The predicted octanol–water partition coefficient (Wildman–Crippen LogP) is 3.01. The molecule has 0 radical (unpaired) electrons. The minimum atomic E-state index is -0.429. The van der Waals surface area contributed by atoms with Crippen molar-refractivity contribution in [3.05, 3.63) is 10.4 Å². The summed E-state index contributed by atoms with van der Waals surface area (Å²) in [5.74, 6) is 0.198. The lowest BCUT2D eigenvalue weighted by atomic mass is 9.95. The summed E-state index contributed by atoms with van der Waals surface area (Å²) >= 11 is 1.30. The van der Waals surface area contributed by atoms with Gasteiger partial charge < -0.3 is 15.4 Å². The van der Waals surface area contributed by atoms with Crippen molar-refractivity contribution in [2.75, 3.05) is 30.3 Å². The number of hydrogen-bond acceptors (Lipinski definition) is 6. The number of nitrogens with zero attached hydrogens (tertiary/aromatic N) is 2. The molecule has 0 bridgehead atoms. The molecule has 2 rings (SSSR count). The number of carbonyl (C=O) groups excluding carboxylic acids is 1. The number of thiophene rings is 1. The molecule has 1 unspecified atom stereocenters. The van der Waals surface area contributed by atoms with Gasteiger partial charge >= 0.3 is 5.97 Å². The zero-order valence-corrected chi connectivity index (χ0v) is 13.3. The topological polar surface area (TPSA) is 79.3 Å². The van der Waals surface area contributed by atoms with E-state index < -0.39 is 5.97 Å². The van der Waals surface area contributed by atoms with Crippen molar-refractivity contribution in [3.63, 3.8) is 0 Å². The Hall–Kier alpha value is -1.74. The number of rotatable bonds is 4. The van der Waals surface area contributed by atoms with Gasteiger partial charge in [0, 0.05) is 13.1 Å². The average molecular weight is 307 g/mol. The van der Waals surface area contributed by atoms with Crippen molar-refractivity contribution < 1.29 is 9.53 Å². The zero-order valence-electron chi connectivity index (χ0n) is 12.5. The Kier molecular flexibility index (Phi) is 5.07. The highest BCUT2D eigenvalue weighted by atomic mass is 32.1. The molecule has 0 saturated carbocycles. The largest absolute Gasteiger partial charge is 0.462 e. The smallest absolute Gasteiger partial charge is 0.343 e. The highest BCUT2D eigenvalue weighted by molar-refractivity contribution is 7.17. The first kappa shape index (κ1) is 15.6.